The Labute approximate surface area is 199 Å². The van der Waals surface area contributed by atoms with Gasteiger partial charge in [0, 0.05) is 4.90 Å². The summed E-state index contributed by atoms with van der Waals surface area (Å²) in [4.78, 5) is 1.18. The summed E-state index contributed by atoms with van der Waals surface area (Å²) in [5.74, 6) is 1.41. The second kappa shape index (κ2) is 9.87. The lowest BCUT2D eigenvalue weighted by atomic mass is 9.79. The molecule has 0 atom stereocenters. The topological polar surface area (TPSA) is 0 Å². The largest absolute Gasteiger partial charge is 0.143 e. The van der Waals surface area contributed by atoms with E-state index in [1.54, 1.807) is 5.19 Å². The quantitative estimate of drug-likeness (QED) is 0.315. The zero-order chi connectivity index (χ0) is 23.6. The van der Waals surface area contributed by atoms with Crippen LogP contribution in [0.5, 0.6) is 0 Å². The lowest BCUT2D eigenvalue weighted by molar-refractivity contribution is 0.545. The summed E-state index contributed by atoms with van der Waals surface area (Å²) >= 11 is 5.05. The van der Waals surface area contributed by atoms with E-state index in [-0.39, 0.29) is 10.8 Å². The average molecular weight is 455 g/mol. The van der Waals surface area contributed by atoms with Crippen molar-refractivity contribution in [1.82, 2.24) is 0 Å². The Morgan fingerprint density at radius 1 is 0.742 bits per heavy atom. The number of hydrogen-bond donors (Lipinski definition) is 1. The Kier molecular flexibility index (Phi) is 8.36. The molecule has 2 rings (SSSR count). The zero-order valence-corrected chi connectivity index (χ0v) is 23.7. The van der Waals surface area contributed by atoms with Gasteiger partial charge in [0.25, 0.3) is 0 Å². The molecule has 172 valence electrons. The van der Waals surface area contributed by atoms with Crippen molar-refractivity contribution < 1.29 is 0 Å². The number of rotatable bonds is 7. The van der Waals surface area contributed by atoms with E-state index in [1.807, 2.05) is 0 Å². The summed E-state index contributed by atoms with van der Waals surface area (Å²) < 4.78 is 0. The van der Waals surface area contributed by atoms with Crippen LogP contribution in [0.4, 0.5) is 0 Å². The SMILES string of the molecule is CC(C)C[Si](Cc1cc(C(C)(C)C)c(S)c(C(C)(C)C)c1)(CC(C)C)c1ccccc1. The highest BCUT2D eigenvalue weighted by Crippen LogP contribution is 2.39. The van der Waals surface area contributed by atoms with E-state index >= 15 is 0 Å². The van der Waals surface area contributed by atoms with Gasteiger partial charge in [0.15, 0.2) is 0 Å². The Hall–Kier alpha value is -0.993. The number of benzene rings is 2. The molecule has 0 saturated heterocycles. The molecule has 0 aliphatic heterocycles. The molecule has 0 unspecified atom stereocenters. The fourth-order valence-corrected chi connectivity index (χ4v) is 12.2. The summed E-state index contributed by atoms with van der Waals surface area (Å²) in [6.45, 7) is 23.6. The standard InChI is InChI=1S/C29H46SSi/c1-21(2)18-31(19-22(3)4,24-14-12-11-13-15-24)20-23-16-25(28(5,6)7)27(30)26(17-23)29(8,9)10/h11-17,21-22,30H,18-20H2,1-10H3. The van der Waals surface area contributed by atoms with Crippen LogP contribution in [-0.4, -0.2) is 8.07 Å². The summed E-state index contributed by atoms with van der Waals surface area (Å²) in [5.41, 5.74) is 4.47. The van der Waals surface area contributed by atoms with Crippen LogP contribution in [0, 0.1) is 11.8 Å². The van der Waals surface area contributed by atoms with Crippen LogP contribution in [-0.2, 0) is 16.9 Å². The molecule has 0 heterocycles. The lowest BCUT2D eigenvalue weighted by Gasteiger charge is -2.37. The van der Waals surface area contributed by atoms with Crippen LogP contribution in [0.3, 0.4) is 0 Å². The van der Waals surface area contributed by atoms with E-state index in [0.717, 1.165) is 0 Å². The zero-order valence-electron chi connectivity index (χ0n) is 21.8. The van der Waals surface area contributed by atoms with Gasteiger partial charge in [-0.25, -0.2) is 0 Å². The first-order chi connectivity index (χ1) is 14.2. The normalized spacial score (nSPS) is 13.3. The van der Waals surface area contributed by atoms with Crippen molar-refractivity contribution in [2.24, 2.45) is 11.8 Å². The van der Waals surface area contributed by atoms with Gasteiger partial charge in [0.2, 0.25) is 0 Å². The summed E-state index contributed by atoms with van der Waals surface area (Å²) in [6.07, 6.45) is 0. The maximum absolute atomic E-state index is 5.05. The fraction of sp³-hybridized carbons (Fsp3) is 0.586. The van der Waals surface area contributed by atoms with Gasteiger partial charge in [-0.3, -0.25) is 0 Å². The molecule has 0 aliphatic rings. The molecule has 0 fully saturated rings. The van der Waals surface area contributed by atoms with Gasteiger partial charge in [-0.05, 0) is 45.4 Å². The van der Waals surface area contributed by atoms with E-state index in [1.165, 1.54) is 39.7 Å². The van der Waals surface area contributed by atoms with Crippen molar-refractivity contribution in [2.75, 3.05) is 0 Å². The van der Waals surface area contributed by atoms with Crippen LogP contribution in [0.2, 0.25) is 12.1 Å². The predicted octanol–water partition coefficient (Wildman–Crippen LogP) is 8.32. The molecule has 0 amide bonds. The number of hydrogen-bond acceptors (Lipinski definition) is 1. The molecule has 0 bridgehead atoms. The summed E-state index contributed by atoms with van der Waals surface area (Å²) in [7, 11) is -1.75. The van der Waals surface area contributed by atoms with E-state index in [4.69, 9.17) is 12.6 Å². The van der Waals surface area contributed by atoms with Crippen molar-refractivity contribution in [2.45, 2.75) is 103 Å². The van der Waals surface area contributed by atoms with Gasteiger partial charge in [0.1, 0.15) is 0 Å². The lowest BCUT2D eigenvalue weighted by Crippen LogP contribution is -2.52. The van der Waals surface area contributed by atoms with E-state index in [2.05, 4.69) is 112 Å². The molecule has 0 N–H and O–H groups in total. The molecule has 2 aromatic carbocycles. The smallest absolute Gasteiger partial charge is 0.0915 e. The van der Waals surface area contributed by atoms with Crippen LogP contribution >= 0.6 is 12.6 Å². The summed E-state index contributed by atoms with van der Waals surface area (Å²) in [6, 6.07) is 20.4. The first-order valence-electron chi connectivity index (χ1n) is 12.1. The van der Waals surface area contributed by atoms with Crippen LogP contribution < -0.4 is 5.19 Å². The highest BCUT2D eigenvalue weighted by Gasteiger charge is 2.37. The van der Waals surface area contributed by atoms with Gasteiger partial charge in [-0.2, -0.15) is 0 Å². The monoisotopic (exact) mass is 454 g/mol. The minimum Gasteiger partial charge on any atom is -0.143 e. The first-order valence-corrected chi connectivity index (χ1v) is 15.1. The predicted molar refractivity (Wildman–Crippen MR) is 146 cm³/mol. The van der Waals surface area contributed by atoms with E-state index < -0.39 is 8.07 Å². The van der Waals surface area contributed by atoms with Crippen molar-refractivity contribution in [3.05, 3.63) is 59.2 Å². The minimum atomic E-state index is -1.75. The highest BCUT2D eigenvalue weighted by molar-refractivity contribution is 7.80. The fourth-order valence-electron chi connectivity index (χ4n) is 5.25. The van der Waals surface area contributed by atoms with Crippen molar-refractivity contribution in [3.63, 3.8) is 0 Å². The maximum atomic E-state index is 5.05. The third-order valence-electron chi connectivity index (χ3n) is 6.31. The van der Waals surface area contributed by atoms with E-state index in [0.29, 0.717) is 11.8 Å². The molecular weight excluding hydrogens is 408 g/mol. The molecule has 0 spiro atoms. The Balaban J connectivity index is 2.73. The molecule has 2 aromatic rings. The summed E-state index contributed by atoms with van der Waals surface area (Å²) in [5, 5.41) is 1.63. The minimum absolute atomic E-state index is 0.0835. The number of thiol groups is 1. The van der Waals surface area contributed by atoms with Crippen LogP contribution in [0.1, 0.15) is 85.9 Å². The average Bonchev–Trinajstić information content (AvgIpc) is 2.60. The molecule has 0 saturated carbocycles. The maximum Gasteiger partial charge on any atom is 0.0915 e. The van der Waals surface area contributed by atoms with Crippen molar-refractivity contribution in [1.29, 1.82) is 0 Å². The van der Waals surface area contributed by atoms with Gasteiger partial charge in [0.05, 0.1) is 8.07 Å². The first kappa shape index (κ1) is 26.3. The molecule has 0 nitrogen and oxygen atoms in total. The van der Waals surface area contributed by atoms with Gasteiger partial charge in [-0.15, -0.1) is 12.6 Å². The molecule has 2 heteroatoms. The van der Waals surface area contributed by atoms with Crippen LogP contribution in [0.25, 0.3) is 0 Å². The third-order valence-corrected chi connectivity index (χ3v) is 12.6. The van der Waals surface area contributed by atoms with Gasteiger partial charge < -0.3 is 0 Å². The molecule has 0 aromatic heterocycles. The van der Waals surface area contributed by atoms with Gasteiger partial charge >= 0.3 is 0 Å². The molecule has 31 heavy (non-hydrogen) atoms. The third kappa shape index (κ3) is 6.74. The highest BCUT2D eigenvalue weighted by atomic mass is 32.1. The van der Waals surface area contributed by atoms with Gasteiger partial charge in [-0.1, -0.05) is 129 Å². The van der Waals surface area contributed by atoms with E-state index in [9.17, 15) is 0 Å². The second-order valence-electron chi connectivity index (χ2n) is 12.6. The Bertz CT molecular complexity index is 806. The van der Waals surface area contributed by atoms with Crippen molar-refractivity contribution >= 4 is 25.9 Å². The molecule has 0 radical (unpaired) electrons. The molecule has 0 aliphatic carbocycles. The molecular formula is C29H46SSi. The Morgan fingerprint density at radius 2 is 1.16 bits per heavy atom. The Morgan fingerprint density at radius 3 is 1.52 bits per heavy atom. The second-order valence-corrected chi connectivity index (χ2v) is 17.3. The van der Waals surface area contributed by atoms with Crippen molar-refractivity contribution in [3.8, 4) is 0 Å². The van der Waals surface area contributed by atoms with Crippen LogP contribution in [0.15, 0.2) is 47.4 Å².